The summed E-state index contributed by atoms with van der Waals surface area (Å²) in [6, 6.07) is 17.1. The predicted molar refractivity (Wildman–Crippen MR) is 80.7 cm³/mol. The first kappa shape index (κ1) is 11.4. The van der Waals surface area contributed by atoms with Crippen LogP contribution in [-0.4, -0.2) is 4.99 Å². The molecule has 0 atom stereocenters. The third-order valence-electron chi connectivity index (χ3n) is 3.44. The summed E-state index contributed by atoms with van der Waals surface area (Å²) < 4.78 is 0. The van der Waals surface area contributed by atoms with Gasteiger partial charge in [-0.05, 0) is 43.0 Å². The highest BCUT2D eigenvalue weighted by Gasteiger charge is 2.20. The standard InChI is InChI=1S/C16H15NS/c1-12(18)17-15-8-4-2-6-13(15)10-11-14-7-3-5-9-16(14)17/h2-9H,10-11H2,1H3. The van der Waals surface area contributed by atoms with Crippen molar-refractivity contribution in [2.45, 2.75) is 19.8 Å². The van der Waals surface area contributed by atoms with Crippen molar-refractivity contribution in [3.8, 4) is 0 Å². The number of thiocarbonyl (C=S) groups is 1. The van der Waals surface area contributed by atoms with Crippen LogP contribution in [0.1, 0.15) is 18.1 Å². The smallest absolute Gasteiger partial charge is 0.0838 e. The lowest BCUT2D eigenvalue weighted by Gasteiger charge is -2.25. The van der Waals surface area contributed by atoms with Gasteiger partial charge in [0.15, 0.2) is 0 Å². The molecule has 0 saturated carbocycles. The molecular formula is C16H15NS. The number of para-hydroxylation sites is 2. The van der Waals surface area contributed by atoms with E-state index in [2.05, 4.69) is 53.4 Å². The minimum absolute atomic E-state index is 0.900. The molecule has 0 saturated heterocycles. The molecule has 1 aliphatic rings. The van der Waals surface area contributed by atoms with Gasteiger partial charge in [0.2, 0.25) is 0 Å². The SMILES string of the molecule is CC(=S)N1c2ccccc2CCc2ccccc21. The second-order valence-electron chi connectivity index (χ2n) is 4.61. The van der Waals surface area contributed by atoms with Gasteiger partial charge in [0.1, 0.15) is 0 Å². The summed E-state index contributed by atoms with van der Waals surface area (Å²) in [5.74, 6) is 0. The Hall–Kier alpha value is -1.67. The largest absolute Gasteiger partial charge is 0.304 e. The zero-order valence-electron chi connectivity index (χ0n) is 10.4. The average Bonchev–Trinajstić information content (AvgIpc) is 2.55. The van der Waals surface area contributed by atoms with Crippen molar-refractivity contribution in [3.05, 3.63) is 59.7 Å². The molecule has 90 valence electrons. The summed E-state index contributed by atoms with van der Waals surface area (Å²) >= 11 is 5.45. The zero-order valence-corrected chi connectivity index (χ0v) is 11.2. The molecule has 0 radical (unpaired) electrons. The number of hydrogen-bond donors (Lipinski definition) is 0. The third-order valence-corrected chi connectivity index (χ3v) is 3.63. The molecule has 2 heteroatoms. The normalized spacial score (nSPS) is 13.5. The van der Waals surface area contributed by atoms with Gasteiger partial charge in [-0.2, -0.15) is 0 Å². The zero-order chi connectivity index (χ0) is 12.5. The van der Waals surface area contributed by atoms with Gasteiger partial charge in [0.25, 0.3) is 0 Å². The van der Waals surface area contributed by atoms with Crippen LogP contribution in [0.2, 0.25) is 0 Å². The average molecular weight is 253 g/mol. The van der Waals surface area contributed by atoms with Crippen molar-refractivity contribution in [2.75, 3.05) is 4.90 Å². The van der Waals surface area contributed by atoms with Crippen LogP contribution in [-0.2, 0) is 12.8 Å². The molecule has 3 rings (SSSR count). The molecule has 0 aliphatic carbocycles. The maximum absolute atomic E-state index is 5.45. The predicted octanol–water partition coefficient (Wildman–Crippen LogP) is 4.27. The Labute approximate surface area is 113 Å². The molecule has 1 nitrogen and oxygen atoms in total. The maximum atomic E-state index is 5.45. The van der Waals surface area contributed by atoms with E-state index >= 15 is 0 Å². The lowest BCUT2D eigenvalue weighted by atomic mass is 10.0. The topological polar surface area (TPSA) is 3.24 Å². The van der Waals surface area contributed by atoms with E-state index in [1.54, 1.807) is 0 Å². The number of aryl methyl sites for hydroxylation is 2. The molecule has 0 spiro atoms. The summed E-state index contributed by atoms with van der Waals surface area (Å²) in [5.41, 5.74) is 5.21. The number of rotatable bonds is 0. The lowest BCUT2D eigenvalue weighted by Crippen LogP contribution is -2.22. The van der Waals surface area contributed by atoms with Crippen molar-refractivity contribution < 1.29 is 0 Å². The molecule has 0 amide bonds. The molecule has 2 aromatic carbocycles. The van der Waals surface area contributed by atoms with Gasteiger partial charge in [-0.25, -0.2) is 0 Å². The van der Waals surface area contributed by atoms with Crippen LogP contribution < -0.4 is 4.90 Å². The lowest BCUT2D eigenvalue weighted by molar-refractivity contribution is 0.977. The van der Waals surface area contributed by atoms with Crippen LogP contribution in [0.15, 0.2) is 48.5 Å². The fourth-order valence-electron chi connectivity index (χ4n) is 2.62. The monoisotopic (exact) mass is 253 g/mol. The highest BCUT2D eigenvalue weighted by molar-refractivity contribution is 7.80. The van der Waals surface area contributed by atoms with E-state index in [0.717, 1.165) is 17.8 Å². The molecule has 0 fully saturated rings. The number of hydrogen-bond acceptors (Lipinski definition) is 1. The molecule has 0 unspecified atom stereocenters. The summed E-state index contributed by atoms with van der Waals surface area (Å²) in [5, 5.41) is 0. The number of benzene rings is 2. The summed E-state index contributed by atoms with van der Waals surface area (Å²) in [6.07, 6.45) is 2.15. The van der Waals surface area contributed by atoms with Crippen LogP contribution in [0.4, 0.5) is 11.4 Å². The fraction of sp³-hybridized carbons (Fsp3) is 0.188. The van der Waals surface area contributed by atoms with Crippen molar-refractivity contribution in [1.29, 1.82) is 0 Å². The highest BCUT2D eigenvalue weighted by Crippen LogP contribution is 2.36. The van der Waals surface area contributed by atoms with Crippen LogP contribution in [0.25, 0.3) is 0 Å². The van der Waals surface area contributed by atoms with Gasteiger partial charge in [0, 0.05) is 11.4 Å². The van der Waals surface area contributed by atoms with Crippen molar-refractivity contribution >= 4 is 28.6 Å². The second-order valence-corrected chi connectivity index (χ2v) is 5.20. The maximum Gasteiger partial charge on any atom is 0.0838 e. The van der Waals surface area contributed by atoms with Gasteiger partial charge < -0.3 is 4.90 Å². The molecular weight excluding hydrogens is 238 g/mol. The van der Waals surface area contributed by atoms with E-state index in [0.29, 0.717) is 0 Å². The minimum atomic E-state index is 0.900. The number of nitrogens with zero attached hydrogens (tertiary/aromatic N) is 1. The van der Waals surface area contributed by atoms with Gasteiger partial charge >= 0.3 is 0 Å². The van der Waals surface area contributed by atoms with E-state index in [1.807, 2.05) is 6.92 Å². The van der Waals surface area contributed by atoms with Gasteiger partial charge in [-0.3, -0.25) is 0 Å². The molecule has 1 aliphatic heterocycles. The van der Waals surface area contributed by atoms with Crippen LogP contribution in [0.5, 0.6) is 0 Å². The molecule has 0 N–H and O–H groups in total. The third kappa shape index (κ3) is 1.83. The minimum Gasteiger partial charge on any atom is -0.304 e. The second kappa shape index (κ2) is 4.54. The van der Waals surface area contributed by atoms with Crippen LogP contribution in [0.3, 0.4) is 0 Å². The van der Waals surface area contributed by atoms with Crippen LogP contribution in [0, 0.1) is 0 Å². The Morgan fingerprint density at radius 1 is 0.889 bits per heavy atom. The van der Waals surface area contributed by atoms with Gasteiger partial charge in [-0.15, -0.1) is 0 Å². The highest BCUT2D eigenvalue weighted by atomic mass is 32.1. The Bertz CT molecular complexity index is 556. The quantitative estimate of drug-likeness (QED) is 0.645. The van der Waals surface area contributed by atoms with Gasteiger partial charge in [0.05, 0.1) is 4.99 Å². The fourth-order valence-corrected chi connectivity index (χ4v) is 2.82. The van der Waals surface area contributed by atoms with Crippen molar-refractivity contribution in [1.82, 2.24) is 0 Å². The molecule has 0 aromatic heterocycles. The Balaban J connectivity index is 2.24. The van der Waals surface area contributed by atoms with Gasteiger partial charge in [-0.1, -0.05) is 48.6 Å². The number of fused-ring (bicyclic) bond motifs is 2. The van der Waals surface area contributed by atoms with E-state index in [9.17, 15) is 0 Å². The first-order valence-electron chi connectivity index (χ1n) is 6.24. The summed E-state index contributed by atoms with van der Waals surface area (Å²) in [6.45, 7) is 1.99. The first-order valence-corrected chi connectivity index (χ1v) is 6.65. The Morgan fingerprint density at radius 3 is 1.78 bits per heavy atom. The van der Waals surface area contributed by atoms with E-state index in [1.165, 1.54) is 22.5 Å². The summed E-state index contributed by atoms with van der Waals surface area (Å²) in [7, 11) is 0. The van der Waals surface area contributed by atoms with E-state index in [4.69, 9.17) is 12.2 Å². The molecule has 1 heterocycles. The first-order chi connectivity index (χ1) is 8.77. The van der Waals surface area contributed by atoms with Crippen LogP contribution >= 0.6 is 12.2 Å². The van der Waals surface area contributed by atoms with E-state index in [-0.39, 0.29) is 0 Å². The van der Waals surface area contributed by atoms with Crippen molar-refractivity contribution in [3.63, 3.8) is 0 Å². The molecule has 2 aromatic rings. The Kier molecular flexibility index (Phi) is 2.88. The summed E-state index contributed by atoms with van der Waals surface area (Å²) in [4.78, 5) is 3.10. The van der Waals surface area contributed by atoms with E-state index < -0.39 is 0 Å². The molecule has 0 bridgehead atoms. The van der Waals surface area contributed by atoms with Crippen molar-refractivity contribution in [2.24, 2.45) is 0 Å². The number of anilines is 2. The Morgan fingerprint density at radius 2 is 1.33 bits per heavy atom. The molecule has 18 heavy (non-hydrogen) atoms.